The highest BCUT2D eigenvalue weighted by Gasteiger charge is 2.19. The molecule has 2 N–H and O–H groups in total. The maximum absolute atomic E-state index is 11.4. The van der Waals surface area contributed by atoms with Crippen LogP contribution in [0.3, 0.4) is 0 Å². The van der Waals surface area contributed by atoms with Crippen LogP contribution in [0.2, 0.25) is 5.02 Å². The van der Waals surface area contributed by atoms with Gasteiger partial charge in [-0.05, 0) is 36.8 Å². The fourth-order valence-corrected chi connectivity index (χ4v) is 2.40. The molecule has 1 fully saturated rings. The van der Waals surface area contributed by atoms with E-state index in [9.17, 15) is 4.79 Å². The van der Waals surface area contributed by atoms with Crippen molar-refractivity contribution >= 4 is 40.5 Å². The van der Waals surface area contributed by atoms with E-state index >= 15 is 0 Å². The average molecular weight is 298 g/mol. The molecular formula is C13H16ClN3OS. The second-order valence-corrected chi connectivity index (χ2v) is 5.22. The molecule has 1 saturated heterocycles. The number of hydrogen-bond donors (Lipinski definition) is 2. The van der Waals surface area contributed by atoms with Gasteiger partial charge in [-0.15, -0.1) is 0 Å². The minimum absolute atomic E-state index is 0.232. The predicted molar refractivity (Wildman–Crippen MR) is 81.5 cm³/mol. The molecule has 1 aromatic rings. The topological polar surface area (TPSA) is 44.4 Å². The summed E-state index contributed by atoms with van der Waals surface area (Å²) in [5.41, 5.74) is 0.849. The summed E-state index contributed by atoms with van der Waals surface area (Å²) in [7, 11) is 0. The van der Waals surface area contributed by atoms with Crippen molar-refractivity contribution in [3.63, 3.8) is 0 Å². The molecule has 2 rings (SSSR count). The van der Waals surface area contributed by atoms with Gasteiger partial charge >= 0.3 is 0 Å². The number of benzene rings is 1. The second-order valence-electron chi connectivity index (χ2n) is 4.38. The van der Waals surface area contributed by atoms with Gasteiger partial charge in [-0.2, -0.15) is 0 Å². The molecule has 0 aliphatic carbocycles. The lowest BCUT2D eigenvalue weighted by molar-refractivity contribution is -0.127. The van der Waals surface area contributed by atoms with Gasteiger partial charge in [0.15, 0.2) is 5.11 Å². The Hall–Kier alpha value is -1.33. The largest absolute Gasteiger partial charge is 0.361 e. The Morgan fingerprint density at radius 2 is 2.32 bits per heavy atom. The number of rotatable bonds is 4. The Morgan fingerprint density at radius 3 is 3.00 bits per heavy atom. The first kappa shape index (κ1) is 14.1. The second kappa shape index (κ2) is 6.73. The van der Waals surface area contributed by atoms with Crippen molar-refractivity contribution < 1.29 is 4.79 Å². The van der Waals surface area contributed by atoms with Gasteiger partial charge < -0.3 is 15.5 Å². The van der Waals surface area contributed by atoms with E-state index in [0.717, 1.165) is 18.7 Å². The molecule has 0 unspecified atom stereocenters. The van der Waals surface area contributed by atoms with Crippen LogP contribution in [0.5, 0.6) is 0 Å². The van der Waals surface area contributed by atoms with E-state index in [4.69, 9.17) is 23.8 Å². The Morgan fingerprint density at radius 1 is 1.47 bits per heavy atom. The molecular weight excluding hydrogens is 282 g/mol. The predicted octanol–water partition coefficient (Wildman–Crippen LogP) is 2.25. The number of nitrogens with zero attached hydrogens (tertiary/aromatic N) is 1. The molecule has 0 atom stereocenters. The molecule has 4 nitrogen and oxygen atoms in total. The Kier molecular flexibility index (Phi) is 4.99. The van der Waals surface area contributed by atoms with Crippen LogP contribution in [0.15, 0.2) is 24.3 Å². The molecule has 1 heterocycles. The molecule has 0 saturated carbocycles. The summed E-state index contributed by atoms with van der Waals surface area (Å²) < 4.78 is 0. The number of thiocarbonyl (C=S) groups is 1. The number of hydrogen-bond acceptors (Lipinski definition) is 2. The lowest BCUT2D eigenvalue weighted by Crippen LogP contribution is -2.37. The van der Waals surface area contributed by atoms with Crippen LogP contribution in [-0.4, -0.2) is 35.6 Å². The van der Waals surface area contributed by atoms with Crippen molar-refractivity contribution in [1.29, 1.82) is 0 Å². The summed E-state index contributed by atoms with van der Waals surface area (Å²) in [6.45, 7) is 2.20. The monoisotopic (exact) mass is 297 g/mol. The quantitative estimate of drug-likeness (QED) is 0.837. The summed E-state index contributed by atoms with van der Waals surface area (Å²) in [6.07, 6.45) is 1.63. The van der Waals surface area contributed by atoms with Crippen LogP contribution in [0.25, 0.3) is 0 Å². The molecule has 0 radical (unpaired) electrons. The number of amides is 1. The number of anilines is 1. The van der Waals surface area contributed by atoms with Crippen LogP contribution in [-0.2, 0) is 4.79 Å². The minimum Gasteiger partial charge on any atom is -0.361 e. The molecule has 1 aliphatic rings. The summed E-state index contributed by atoms with van der Waals surface area (Å²) in [5.74, 6) is 0.232. The van der Waals surface area contributed by atoms with Crippen molar-refractivity contribution in [1.82, 2.24) is 10.2 Å². The molecule has 0 spiro atoms. The number of halogens is 1. The van der Waals surface area contributed by atoms with Gasteiger partial charge in [0.1, 0.15) is 0 Å². The third-order valence-corrected chi connectivity index (χ3v) is 3.40. The Bertz CT molecular complexity index is 481. The maximum atomic E-state index is 11.4. The first-order valence-corrected chi connectivity index (χ1v) is 7.02. The zero-order valence-corrected chi connectivity index (χ0v) is 12.1. The minimum atomic E-state index is 0.232. The highest BCUT2D eigenvalue weighted by atomic mass is 35.5. The van der Waals surface area contributed by atoms with Crippen LogP contribution in [0.1, 0.15) is 12.8 Å². The molecule has 102 valence electrons. The third-order valence-electron chi connectivity index (χ3n) is 2.92. The van der Waals surface area contributed by atoms with Crippen LogP contribution in [0, 0.1) is 0 Å². The highest BCUT2D eigenvalue weighted by molar-refractivity contribution is 7.80. The standard InChI is InChI=1S/C13H16ClN3OS/c14-10-3-1-4-11(9-10)16-13(19)15-6-8-17-7-2-5-12(17)18/h1,3-4,9H,2,5-8H2,(H2,15,16,19). The first-order valence-electron chi connectivity index (χ1n) is 6.23. The third kappa shape index (κ3) is 4.36. The molecule has 6 heteroatoms. The van der Waals surface area contributed by atoms with Gasteiger partial charge in [-0.3, -0.25) is 4.79 Å². The van der Waals surface area contributed by atoms with Gasteiger partial charge in [0.25, 0.3) is 0 Å². The number of likely N-dealkylation sites (tertiary alicyclic amines) is 1. The summed E-state index contributed by atoms with van der Waals surface area (Å²) in [5, 5.41) is 7.33. The van der Waals surface area contributed by atoms with E-state index in [1.807, 2.05) is 23.1 Å². The van der Waals surface area contributed by atoms with Crippen molar-refractivity contribution in [2.24, 2.45) is 0 Å². The van der Waals surface area contributed by atoms with E-state index in [2.05, 4.69) is 10.6 Å². The van der Waals surface area contributed by atoms with Crippen molar-refractivity contribution in [2.45, 2.75) is 12.8 Å². The molecule has 1 aliphatic heterocycles. The fraction of sp³-hybridized carbons (Fsp3) is 0.385. The van der Waals surface area contributed by atoms with Crippen molar-refractivity contribution in [3.8, 4) is 0 Å². The number of nitrogens with one attached hydrogen (secondary N) is 2. The van der Waals surface area contributed by atoms with Gasteiger partial charge in [0.2, 0.25) is 5.91 Å². The number of carbonyl (C=O) groups excluding carboxylic acids is 1. The average Bonchev–Trinajstić information content (AvgIpc) is 2.75. The van der Waals surface area contributed by atoms with E-state index in [1.165, 1.54) is 0 Å². The van der Waals surface area contributed by atoms with E-state index in [-0.39, 0.29) is 5.91 Å². The van der Waals surface area contributed by atoms with Crippen LogP contribution in [0.4, 0.5) is 5.69 Å². The number of carbonyl (C=O) groups is 1. The van der Waals surface area contributed by atoms with E-state index in [0.29, 0.717) is 29.6 Å². The summed E-state index contributed by atoms with van der Waals surface area (Å²) in [4.78, 5) is 13.3. The Labute approximate surface area is 123 Å². The highest BCUT2D eigenvalue weighted by Crippen LogP contribution is 2.14. The maximum Gasteiger partial charge on any atom is 0.222 e. The molecule has 0 bridgehead atoms. The summed E-state index contributed by atoms with van der Waals surface area (Å²) >= 11 is 11.1. The van der Waals surface area contributed by atoms with Gasteiger partial charge in [0, 0.05) is 36.8 Å². The molecule has 1 amide bonds. The van der Waals surface area contributed by atoms with Gasteiger partial charge in [0.05, 0.1) is 0 Å². The van der Waals surface area contributed by atoms with Crippen molar-refractivity contribution in [2.75, 3.05) is 25.0 Å². The fourth-order valence-electron chi connectivity index (χ4n) is 1.99. The molecule has 0 aromatic heterocycles. The Balaban J connectivity index is 1.71. The smallest absolute Gasteiger partial charge is 0.222 e. The molecule has 1 aromatic carbocycles. The first-order chi connectivity index (χ1) is 9.15. The van der Waals surface area contributed by atoms with Gasteiger partial charge in [-0.1, -0.05) is 17.7 Å². The molecule has 19 heavy (non-hydrogen) atoms. The lowest BCUT2D eigenvalue weighted by atomic mass is 10.3. The SMILES string of the molecule is O=C1CCCN1CCNC(=S)Nc1cccc(Cl)c1. The zero-order valence-electron chi connectivity index (χ0n) is 10.5. The van der Waals surface area contributed by atoms with E-state index < -0.39 is 0 Å². The van der Waals surface area contributed by atoms with Gasteiger partial charge in [-0.25, -0.2) is 0 Å². The summed E-state index contributed by atoms with van der Waals surface area (Å²) in [6, 6.07) is 7.36. The lowest BCUT2D eigenvalue weighted by Gasteiger charge is -2.17. The van der Waals surface area contributed by atoms with Crippen LogP contribution >= 0.6 is 23.8 Å². The van der Waals surface area contributed by atoms with E-state index in [1.54, 1.807) is 6.07 Å². The normalized spacial score (nSPS) is 14.6. The van der Waals surface area contributed by atoms with Crippen molar-refractivity contribution in [3.05, 3.63) is 29.3 Å². The zero-order chi connectivity index (χ0) is 13.7. The van der Waals surface area contributed by atoms with Crippen LogP contribution < -0.4 is 10.6 Å².